The van der Waals surface area contributed by atoms with Gasteiger partial charge in [-0.3, -0.25) is 9.89 Å². The summed E-state index contributed by atoms with van der Waals surface area (Å²) in [7, 11) is 1.85. The normalized spacial score (nSPS) is 21.8. The van der Waals surface area contributed by atoms with Crippen LogP contribution in [0.25, 0.3) is 0 Å². The van der Waals surface area contributed by atoms with E-state index in [4.69, 9.17) is 4.74 Å². The molecule has 1 saturated carbocycles. The number of hydrogen-bond donors (Lipinski definition) is 2. The number of piperidine rings is 1. The summed E-state index contributed by atoms with van der Waals surface area (Å²) in [5, 5.41) is 6.96. The molecule has 2 aliphatic rings. The van der Waals surface area contributed by atoms with E-state index in [1.54, 1.807) is 0 Å². The maximum absolute atomic E-state index is 5.38. The molecule has 1 heterocycles. The summed E-state index contributed by atoms with van der Waals surface area (Å²) in [4.78, 5) is 7.14. The molecule has 0 aromatic heterocycles. The molecule has 24 heavy (non-hydrogen) atoms. The highest BCUT2D eigenvalue weighted by Gasteiger charge is 2.38. The predicted octanol–water partition coefficient (Wildman–Crippen LogP) is 2.99. The van der Waals surface area contributed by atoms with Gasteiger partial charge in [0.2, 0.25) is 0 Å². The Hall–Kier alpha value is -0.0800. The predicted molar refractivity (Wildman–Crippen MR) is 113 cm³/mol. The van der Waals surface area contributed by atoms with Crippen LogP contribution in [0.15, 0.2) is 4.99 Å². The van der Waals surface area contributed by atoms with Crippen molar-refractivity contribution in [1.82, 2.24) is 15.5 Å². The molecule has 1 aliphatic heterocycles. The molecule has 2 rings (SSSR count). The summed E-state index contributed by atoms with van der Waals surface area (Å²) in [5.74, 6) is 0.909. The summed E-state index contributed by atoms with van der Waals surface area (Å²) in [5.41, 5.74) is 0.343. The Bertz CT molecular complexity index is 353. The minimum absolute atomic E-state index is 0. The summed E-state index contributed by atoms with van der Waals surface area (Å²) in [6, 6.07) is 0. The number of nitrogens with zero attached hydrogens (tertiary/aromatic N) is 2. The van der Waals surface area contributed by atoms with Crippen LogP contribution >= 0.6 is 24.0 Å². The van der Waals surface area contributed by atoms with Crippen molar-refractivity contribution in [3.8, 4) is 0 Å². The monoisotopic (exact) mass is 452 g/mol. The van der Waals surface area contributed by atoms with E-state index >= 15 is 0 Å². The molecule has 0 aromatic carbocycles. The minimum atomic E-state index is 0. The highest BCUT2D eigenvalue weighted by molar-refractivity contribution is 14.0. The Morgan fingerprint density at radius 1 is 1.04 bits per heavy atom. The van der Waals surface area contributed by atoms with Crippen molar-refractivity contribution in [1.29, 1.82) is 0 Å². The maximum Gasteiger partial charge on any atom is 0.191 e. The van der Waals surface area contributed by atoms with Gasteiger partial charge in [0.25, 0.3) is 0 Å². The van der Waals surface area contributed by atoms with Gasteiger partial charge in [-0.05, 0) is 45.7 Å². The first-order valence-electron chi connectivity index (χ1n) is 9.58. The van der Waals surface area contributed by atoms with Gasteiger partial charge in [-0.25, -0.2) is 0 Å². The highest BCUT2D eigenvalue weighted by atomic mass is 127. The Labute approximate surface area is 165 Å². The first-order valence-corrected chi connectivity index (χ1v) is 9.58. The van der Waals surface area contributed by atoms with Crippen LogP contribution in [0.5, 0.6) is 0 Å². The molecular weight excluding hydrogens is 415 g/mol. The number of likely N-dealkylation sites (tertiary alicyclic amines) is 1. The topological polar surface area (TPSA) is 48.9 Å². The number of rotatable bonds is 7. The smallest absolute Gasteiger partial charge is 0.191 e. The molecule has 0 bridgehead atoms. The van der Waals surface area contributed by atoms with Crippen LogP contribution in [0.2, 0.25) is 0 Å². The second-order valence-corrected chi connectivity index (χ2v) is 6.88. The van der Waals surface area contributed by atoms with Crippen molar-refractivity contribution in [3.05, 3.63) is 0 Å². The van der Waals surface area contributed by atoms with E-state index in [9.17, 15) is 0 Å². The molecule has 1 aliphatic carbocycles. The Morgan fingerprint density at radius 3 is 2.33 bits per heavy atom. The maximum atomic E-state index is 5.38. The second kappa shape index (κ2) is 12.3. The minimum Gasteiger partial charge on any atom is -0.380 e. The van der Waals surface area contributed by atoms with Gasteiger partial charge >= 0.3 is 0 Å². The fraction of sp³-hybridized carbons (Fsp3) is 0.944. The van der Waals surface area contributed by atoms with E-state index in [0.29, 0.717) is 5.54 Å². The number of nitrogens with one attached hydrogen (secondary N) is 2. The molecule has 0 radical (unpaired) electrons. The molecule has 0 atom stereocenters. The highest BCUT2D eigenvalue weighted by Crippen LogP contribution is 2.35. The summed E-state index contributed by atoms with van der Waals surface area (Å²) in [6.07, 6.45) is 10.9. The first-order chi connectivity index (χ1) is 11.3. The average molecular weight is 452 g/mol. The van der Waals surface area contributed by atoms with Gasteiger partial charge in [0.05, 0.1) is 6.61 Å². The van der Waals surface area contributed by atoms with Crippen LogP contribution in [-0.4, -0.2) is 62.8 Å². The average Bonchev–Trinajstić information content (AvgIpc) is 2.63. The first kappa shape index (κ1) is 22.0. The lowest BCUT2D eigenvalue weighted by molar-refractivity contribution is 0.0368. The summed E-state index contributed by atoms with van der Waals surface area (Å²) >= 11 is 0. The number of halogens is 1. The number of ether oxygens (including phenoxy) is 1. The van der Waals surface area contributed by atoms with Crippen molar-refractivity contribution >= 4 is 29.9 Å². The SMILES string of the molecule is CCOCCNC(=NC)NCC1(N2CCCCC2)CCCCC1.I. The molecule has 142 valence electrons. The molecule has 2 N–H and O–H groups in total. The molecule has 0 aromatic rings. The molecule has 2 fully saturated rings. The van der Waals surface area contributed by atoms with Gasteiger partial charge in [0.15, 0.2) is 5.96 Å². The summed E-state index contributed by atoms with van der Waals surface area (Å²) in [6.45, 7) is 7.90. The van der Waals surface area contributed by atoms with E-state index in [2.05, 4.69) is 20.5 Å². The molecule has 1 saturated heterocycles. The third-order valence-corrected chi connectivity index (χ3v) is 5.36. The fourth-order valence-corrected chi connectivity index (χ4v) is 4.04. The Morgan fingerprint density at radius 2 is 1.71 bits per heavy atom. The van der Waals surface area contributed by atoms with Crippen molar-refractivity contribution < 1.29 is 4.74 Å². The Balaban J connectivity index is 0.00000288. The van der Waals surface area contributed by atoms with Crippen LogP contribution in [0.1, 0.15) is 58.3 Å². The van der Waals surface area contributed by atoms with E-state index in [-0.39, 0.29) is 24.0 Å². The van der Waals surface area contributed by atoms with Crippen LogP contribution in [0, 0.1) is 0 Å². The zero-order valence-corrected chi connectivity index (χ0v) is 17.9. The zero-order chi connectivity index (χ0) is 16.4. The molecule has 6 heteroatoms. The zero-order valence-electron chi connectivity index (χ0n) is 15.6. The van der Waals surface area contributed by atoms with Gasteiger partial charge in [0.1, 0.15) is 0 Å². The third kappa shape index (κ3) is 6.67. The van der Waals surface area contributed by atoms with Crippen LogP contribution in [-0.2, 0) is 4.74 Å². The van der Waals surface area contributed by atoms with Gasteiger partial charge in [0, 0.05) is 32.3 Å². The number of aliphatic imine (C=N–C) groups is 1. The van der Waals surface area contributed by atoms with Crippen LogP contribution < -0.4 is 10.6 Å². The van der Waals surface area contributed by atoms with Gasteiger partial charge in [-0.2, -0.15) is 0 Å². The fourth-order valence-electron chi connectivity index (χ4n) is 4.04. The lowest BCUT2D eigenvalue weighted by atomic mass is 9.79. The van der Waals surface area contributed by atoms with Gasteiger partial charge < -0.3 is 15.4 Å². The van der Waals surface area contributed by atoms with Crippen LogP contribution in [0.4, 0.5) is 0 Å². The largest absolute Gasteiger partial charge is 0.380 e. The van der Waals surface area contributed by atoms with E-state index < -0.39 is 0 Å². The molecule has 0 unspecified atom stereocenters. The summed E-state index contributed by atoms with van der Waals surface area (Å²) < 4.78 is 5.38. The van der Waals surface area contributed by atoms with Crippen molar-refractivity contribution in [2.24, 2.45) is 4.99 Å². The van der Waals surface area contributed by atoms with Crippen molar-refractivity contribution in [2.75, 3.05) is 46.4 Å². The molecule has 0 spiro atoms. The van der Waals surface area contributed by atoms with Crippen molar-refractivity contribution in [3.63, 3.8) is 0 Å². The van der Waals surface area contributed by atoms with E-state index in [1.807, 2.05) is 14.0 Å². The van der Waals surface area contributed by atoms with E-state index in [1.165, 1.54) is 64.5 Å². The standard InChI is InChI=1S/C18H36N4O.HI/c1-3-23-15-12-20-17(19-2)21-16-18(10-6-4-7-11-18)22-13-8-5-9-14-22;/h3-16H2,1-2H3,(H2,19,20,21);1H. The third-order valence-electron chi connectivity index (χ3n) is 5.36. The molecular formula is C18H37IN4O. The lowest BCUT2D eigenvalue weighted by Crippen LogP contribution is -2.59. The number of guanidine groups is 1. The van der Waals surface area contributed by atoms with Crippen LogP contribution in [0.3, 0.4) is 0 Å². The quantitative estimate of drug-likeness (QED) is 0.270. The van der Waals surface area contributed by atoms with Gasteiger partial charge in [-0.1, -0.05) is 25.7 Å². The second-order valence-electron chi connectivity index (χ2n) is 6.88. The van der Waals surface area contributed by atoms with Gasteiger partial charge in [-0.15, -0.1) is 24.0 Å². The van der Waals surface area contributed by atoms with Crippen molar-refractivity contribution in [2.45, 2.75) is 63.8 Å². The lowest BCUT2D eigenvalue weighted by Gasteiger charge is -2.48. The Kier molecular flexibility index (Phi) is 11.3. The van der Waals surface area contributed by atoms with E-state index in [0.717, 1.165) is 32.3 Å². The number of hydrogen-bond acceptors (Lipinski definition) is 3. The molecule has 0 amide bonds. The molecule has 5 nitrogen and oxygen atoms in total.